The maximum Gasteiger partial charge on any atom is 0.227 e. The van der Waals surface area contributed by atoms with Crippen molar-refractivity contribution in [3.8, 4) is 11.5 Å². The van der Waals surface area contributed by atoms with Gasteiger partial charge in [0, 0.05) is 24.8 Å². The number of fused-ring (bicyclic) bond motifs is 1. The molecule has 1 fully saturated rings. The lowest BCUT2D eigenvalue weighted by Gasteiger charge is -2.32. The molecule has 4 rings (SSSR count). The Hall–Kier alpha value is -2.57. The lowest BCUT2D eigenvalue weighted by atomic mass is 10.1. The number of hydrazine groups is 1. The summed E-state index contributed by atoms with van der Waals surface area (Å²) in [4.78, 5) is 4.50. The Bertz CT molecular complexity index is 822. The van der Waals surface area contributed by atoms with Crippen LogP contribution in [0.25, 0.3) is 22.6 Å². The number of para-hydroxylation sites is 2. The third kappa shape index (κ3) is 2.70. The number of aromatic nitrogens is 1. The minimum atomic E-state index is 0.247. The van der Waals surface area contributed by atoms with Crippen molar-refractivity contribution in [2.24, 2.45) is 5.84 Å². The molecule has 2 aromatic carbocycles. The van der Waals surface area contributed by atoms with Crippen molar-refractivity contribution < 1.29 is 9.15 Å². The lowest BCUT2D eigenvalue weighted by molar-refractivity contribution is 0.0844. The molecular weight excluding hydrogens is 304 g/mol. The van der Waals surface area contributed by atoms with Crippen molar-refractivity contribution >= 4 is 22.5 Å². The van der Waals surface area contributed by atoms with Crippen LogP contribution in [-0.4, -0.2) is 24.2 Å². The first-order valence-corrected chi connectivity index (χ1v) is 8.09. The lowest BCUT2D eigenvalue weighted by Crippen LogP contribution is -2.44. The van der Waals surface area contributed by atoms with Gasteiger partial charge in [0.05, 0.1) is 11.4 Å². The van der Waals surface area contributed by atoms with Crippen LogP contribution in [0.5, 0.6) is 0 Å². The Morgan fingerprint density at radius 1 is 1.08 bits per heavy atom. The quantitative estimate of drug-likeness (QED) is 0.437. The monoisotopic (exact) mass is 324 g/mol. The van der Waals surface area contributed by atoms with E-state index < -0.39 is 0 Å². The van der Waals surface area contributed by atoms with Crippen molar-refractivity contribution in [1.29, 1.82) is 0 Å². The fraction of sp³-hybridized carbons (Fsp3) is 0.278. The van der Waals surface area contributed by atoms with Crippen LogP contribution in [0.1, 0.15) is 12.8 Å². The standard InChI is InChI=1S/C18H20N4O2/c19-14-11-12(18-21-15-3-1-2-4-17(15)24-18)5-6-16(14)22(20)13-7-9-23-10-8-13/h1-6,11,13H,7-10,19-20H2. The third-order valence-corrected chi connectivity index (χ3v) is 4.43. The highest BCUT2D eigenvalue weighted by Crippen LogP contribution is 2.31. The molecule has 0 aliphatic carbocycles. The van der Waals surface area contributed by atoms with Gasteiger partial charge in [-0.1, -0.05) is 12.1 Å². The van der Waals surface area contributed by atoms with Gasteiger partial charge in [-0.05, 0) is 43.2 Å². The summed E-state index contributed by atoms with van der Waals surface area (Å²) in [6.07, 6.45) is 1.81. The molecule has 1 aliphatic rings. The molecule has 0 unspecified atom stereocenters. The zero-order chi connectivity index (χ0) is 16.5. The Morgan fingerprint density at radius 3 is 2.62 bits per heavy atom. The Morgan fingerprint density at radius 2 is 1.88 bits per heavy atom. The zero-order valence-electron chi connectivity index (χ0n) is 13.3. The van der Waals surface area contributed by atoms with Crippen LogP contribution >= 0.6 is 0 Å². The molecular formula is C18H20N4O2. The summed E-state index contributed by atoms with van der Waals surface area (Å²) in [7, 11) is 0. The fourth-order valence-corrected chi connectivity index (χ4v) is 3.08. The first-order valence-electron chi connectivity index (χ1n) is 8.09. The van der Waals surface area contributed by atoms with Crippen molar-refractivity contribution in [3.63, 3.8) is 0 Å². The number of nitrogens with two attached hydrogens (primary N) is 2. The average molecular weight is 324 g/mol. The summed E-state index contributed by atoms with van der Waals surface area (Å²) in [5, 5.41) is 1.76. The summed E-state index contributed by atoms with van der Waals surface area (Å²) >= 11 is 0. The van der Waals surface area contributed by atoms with E-state index in [1.165, 1.54) is 0 Å². The Kier molecular flexibility index (Phi) is 3.84. The summed E-state index contributed by atoms with van der Waals surface area (Å²) in [5.41, 5.74) is 10.1. The maximum atomic E-state index is 6.28. The number of hydrogen-bond acceptors (Lipinski definition) is 6. The van der Waals surface area contributed by atoms with Gasteiger partial charge in [0.1, 0.15) is 5.52 Å². The van der Waals surface area contributed by atoms with Crippen LogP contribution in [0.2, 0.25) is 0 Å². The number of oxazole rings is 1. The van der Waals surface area contributed by atoms with Crippen molar-refractivity contribution in [1.82, 2.24) is 4.98 Å². The number of rotatable bonds is 3. The first kappa shape index (κ1) is 15.0. The van der Waals surface area contributed by atoms with E-state index in [1.54, 1.807) is 5.01 Å². The van der Waals surface area contributed by atoms with Crippen LogP contribution in [0.4, 0.5) is 11.4 Å². The molecule has 0 spiro atoms. The molecule has 1 aliphatic heterocycles. The smallest absolute Gasteiger partial charge is 0.227 e. The molecule has 1 saturated heterocycles. The highest BCUT2D eigenvalue weighted by atomic mass is 16.5. The molecule has 3 aromatic rings. The van der Waals surface area contributed by atoms with Gasteiger partial charge in [-0.15, -0.1) is 0 Å². The first-order chi connectivity index (χ1) is 11.7. The molecule has 124 valence electrons. The second-order valence-corrected chi connectivity index (χ2v) is 6.01. The molecule has 0 amide bonds. The number of hydrogen-bond donors (Lipinski definition) is 2. The van der Waals surface area contributed by atoms with E-state index in [-0.39, 0.29) is 6.04 Å². The predicted octanol–water partition coefficient (Wildman–Crippen LogP) is 2.94. The van der Waals surface area contributed by atoms with Gasteiger partial charge in [-0.3, -0.25) is 0 Å². The van der Waals surface area contributed by atoms with E-state index in [2.05, 4.69) is 4.98 Å². The molecule has 0 radical (unpaired) electrons. The molecule has 24 heavy (non-hydrogen) atoms. The highest BCUT2D eigenvalue weighted by Gasteiger charge is 2.21. The van der Waals surface area contributed by atoms with Gasteiger partial charge < -0.3 is 19.9 Å². The average Bonchev–Trinajstić information content (AvgIpc) is 3.06. The van der Waals surface area contributed by atoms with E-state index in [0.29, 0.717) is 11.6 Å². The van der Waals surface area contributed by atoms with Crippen LogP contribution in [0.15, 0.2) is 46.9 Å². The summed E-state index contributed by atoms with van der Waals surface area (Å²) in [5.74, 6) is 6.84. The minimum Gasteiger partial charge on any atom is -0.436 e. The van der Waals surface area contributed by atoms with Gasteiger partial charge in [-0.25, -0.2) is 10.8 Å². The van der Waals surface area contributed by atoms with Crippen LogP contribution in [-0.2, 0) is 4.74 Å². The SMILES string of the molecule is Nc1cc(-c2nc3ccccc3o2)ccc1N(N)C1CCOCC1. The van der Waals surface area contributed by atoms with E-state index in [1.807, 2.05) is 42.5 Å². The van der Waals surface area contributed by atoms with Gasteiger partial charge in [0.15, 0.2) is 5.58 Å². The number of nitrogen functional groups attached to an aromatic ring is 1. The number of ether oxygens (including phenoxy) is 1. The highest BCUT2D eigenvalue weighted by molar-refractivity contribution is 5.79. The molecule has 0 saturated carbocycles. The molecule has 2 heterocycles. The van der Waals surface area contributed by atoms with Gasteiger partial charge in [-0.2, -0.15) is 0 Å². The molecule has 0 atom stereocenters. The Balaban J connectivity index is 1.63. The molecule has 6 heteroatoms. The van der Waals surface area contributed by atoms with Gasteiger partial charge in [0.25, 0.3) is 0 Å². The number of benzene rings is 2. The zero-order valence-corrected chi connectivity index (χ0v) is 13.3. The van der Waals surface area contributed by atoms with E-state index in [0.717, 1.165) is 48.4 Å². The summed E-state index contributed by atoms with van der Waals surface area (Å²) < 4.78 is 11.2. The maximum absolute atomic E-state index is 6.28. The van der Waals surface area contributed by atoms with Crippen molar-refractivity contribution in [3.05, 3.63) is 42.5 Å². The van der Waals surface area contributed by atoms with Crippen LogP contribution in [0, 0.1) is 0 Å². The van der Waals surface area contributed by atoms with Crippen molar-refractivity contribution in [2.45, 2.75) is 18.9 Å². The number of nitrogens with zero attached hydrogens (tertiary/aromatic N) is 2. The second-order valence-electron chi connectivity index (χ2n) is 6.01. The number of anilines is 2. The molecule has 0 bridgehead atoms. The van der Waals surface area contributed by atoms with E-state index >= 15 is 0 Å². The predicted molar refractivity (Wildman–Crippen MR) is 94.4 cm³/mol. The summed E-state index contributed by atoms with van der Waals surface area (Å²) in [6.45, 7) is 1.47. The van der Waals surface area contributed by atoms with E-state index in [4.69, 9.17) is 20.7 Å². The summed E-state index contributed by atoms with van der Waals surface area (Å²) in [6, 6.07) is 13.7. The Labute approximate surface area is 140 Å². The normalized spacial score (nSPS) is 15.7. The minimum absolute atomic E-state index is 0.247. The second kappa shape index (κ2) is 6.14. The molecule has 6 nitrogen and oxygen atoms in total. The fourth-order valence-electron chi connectivity index (χ4n) is 3.08. The molecule has 4 N–H and O–H groups in total. The topological polar surface area (TPSA) is 90.5 Å². The largest absolute Gasteiger partial charge is 0.436 e. The third-order valence-electron chi connectivity index (χ3n) is 4.43. The molecule has 1 aromatic heterocycles. The van der Waals surface area contributed by atoms with Crippen LogP contribution in [0.3, 0.4) is 0 Å². The van der Waals surface area contributed by atoms with Gasteiger partial charge in [0.2, 0.25) is 5.89 Å². The van der Waals surface area contributed by atoms with Gasteiger partial charge >= 0.3 is 0 Å². The van der Waals surface area contributed by atoms with Crippen LogP contribution < -0.4 is 16.6 Å². The van der Waals surface area contributed by atoms with E-state index in [9.17, 15) is 0 Å². The van der Waals surface area contributed by atoms with Crippen molar-refractivity contribution in [2.75, 3.05) is 24.0 Å².